The van der Waals surface area contributed by atoms with Crippen molar-refractivity contribution in [2.24, 2.45) is 0 Å². The molecule has 0 aliphatic rings. The van der Waals surface area contributed by atoms with Crippen LogP contribution in [-0.4, -0.2) is 19.3 Å². The van der Waals surface area contributed by atoms with Crippen molar-refractivity contribution in [3.8, 4) is 0 Å². The predicted octanol–water partition coefficient (Wildman–Crippen LogP) is 3.51. The molecule has 0 radical (unpaired) electrons. The largest absolute Gasteiger partial charge is 0.459 e. The van der Waals surface area contributed by atoms with Crippen molar-refractivity contribution < 1.29 is 9.15 Å². The first-order valence-corrected chi connectivity index (χ1v) is 6.53. The van der Waals surface area contributed by atoms with Crippen molar-refractivity contribution in [2.75, 3.05) is 13.2 Å². The van der Waals surface area contributed by atoms with Crippen molar-refractivity contribution in [1.29, 1.82) is 0 Å². The molecule has 0 amide bonds. The van der Waals surface area contributed by atoms with Gasteiger partial charge in [0.2, 0.25) is 0 Å². The molecule has 2 aromatic rings. The van der Waals surface area contributed by atoms with E-state index in [0.29, 0.717) is 6.04 Å². The molecule has 0 saturated carbocycles. The molecule has 2 unspecified atom stereocenters. The molecule has 3 heteroatoms. The Hall–Kier alpha value is -1.32. The number of para-hydroxylation sites is 1. The fourth-order valence-electron chi connectivity index (χ4n) is 2.07. The Morgan fingerprint density at radius 2 is 2.06 bits per heavy atom. The van der Waals surface area contributed by atoms with Crippen LogP contribution in [0.5, 0.6) is 0 Å². The summed E-state index contributed by atoms with van der Waals surface area (Å²) in [6.07, 6.45) is 0. The zero-order valence-corrected chi connectivity index (χ0v) is 11.3. The Morgan fingerprint density at radius 1 is 1.28 bits per heavy atom. The van der Waals surface area contributed by atoms with Gasteiger partial charge in [-0.1, -0.05) is 18.2 Å². The first-order valence-electron chi connectivity index (χ1n) is 6.53. The lowest BCUT2D eigenvalue weighted by Gasteiger charge is -2.18. The minimum atomic E-state index is 0.188. The van der Waals surface area contributed by atoms with Crippen molar-refractivity contribution in [1.82, 2.24) is 5.32 Å². The third kappa shape index (κ3) is 3.12. The molecule has 0 aliphatic carbocycles. The molecule has 1 aromatic heterocycles. The summed E-state index contributed by atoms with van der Waals surface area (Å²) in [4.78, 5) is 0. The summed E-state index contributed by atoms with van der Waals surface area (Å²) in [6, 6.07) is 10.7. The maximum absolute atomic E-state index is 5.83. The summed E-state index contributed by atoms with van der Waals surface area (Å²) in [6.45, 7) is 7.72. The zero-order chi connectivity index (χ0) is 13.0. The van der Waals surface area contributed by atoms with Gasteiger partial charge in [-0.2, -0.15) is 0 Å². The molecule has 2 rings (SSSR count). The highest BCUT2D eigenvalue weighted by Gasteiger charge is 2.13. The van der Waals surface area contributed by atoms with E-state index < -0.39 is 0 Å². The third-order valence-corrected chi connectivity index (χ3v) is 2.98. The standard InChI is InChI=1S/C15H21NO2/c1-4-17-10-11(2)16-12(3)15-9-13-7-5-6-8-14(13)18-15/h5-9,11-12,16H,4,10H2,1-3H3. The Kier molecular flexibility index (Phi) is 4.39. The lowest BCUT2D eigenvalue weighted by Crippen LogP contribution is -2.32. The highest BCUT2D eigenvalue weighted by atomic mass is 16.5. The van der Waals surface area contributed by atoms with E-state index in [1.165, 1.54) is 0 Å². The number of benzene rings is 1. The topological polar surface area (TPSA) is 34.4 Å². The molecule has 3 nitrogen and oxygen atoms in total. The molecular formula is C15H21NO2. The molecule has 1 aromatic carbocycles. The molecule has 18 heavy (non-hydrogen) atoms. The Labute approximate surface area is 108 Å². The van der Waals surface area contributed by atoms with Gasteiger partial charge in [-0.05, 0) is 32.9 Å². The van der Waals surface area contributed by atoms with E-state index in [9.17, 15) is 0 Å². The number of ether oxygens (including phenoxy) is 1. The summed E-state index contributed by atoms with van der Waals surface area (Å²) in [5, 5.41) is 4.62. The maximum atomic E-state index is 5.83. The van der Waals surface area contributed by atoms with Crippen LogP contribution in [0.1, 0.15) is 32.6 Å². The smallest absolute Gasteiger partial charge is 0.134 e. The van der Waals surface area contributed by atoms with Gasteiger partial charge in [0.05, 0.1) is 12.6 Å². The van der Waals surface area contributed by atoms with Crippen LogP contribution in [-0.2, 0) is 4.74 Å². The molecule has 0 aliphatic heterocycles. The van der Waals surface area contributed by atoms with E-state index in [2.05, 4.69) is 31.3 Å². The quantitative estimate of drug-likeness (QED) is 0.848. The molecule has 0 bridgehead atoms. The summed E-state index contributed by atoms with van der Waals surface area (Å²) in [5.41, 5.74) is 0.943. The van der Waals surface area contributed by atoms with E-state index in [4.69, 9.17) is 9.15 Å². The Balaban J connectivity index is 2.01. The number of furan rings is 1. The molecule has 2 atom stereocenters. The van der Waals surface area contributed by atoms with Gasteiger partial charge in [0.25, 0.3) is 0 Å². The minimum absolute atomic E-state index is 0.188. The van der Waals surface area contributed by atoms with Gasteiger partial charge in [0.1, 0.15) is 11.3 Å². The van der Waals surface area contributed by atoms with Crippen LogP contribution < -0.4 is 5.32 Å². The fraction of sp³-hybridized carbons (Fsp3) is 0.467. The van der Waals surface area contributed by atoms with E-state index in [0.717, 1.165) is 29.9 Å². The van der Waals surface area contributed by atoms with Crippen LogP contribution in [0.3, 0.4) is 0 Å². The van der Waals surface area contributed by atoms with Gasteiger partial charge >= 0.3 is 0 Å². The van der Waals surface area contributed by atoms with E-state index in [1.54, 1.807) is 0 Å². The first-order chi connectivity index (χ1) is 8.70. The summed E-state index contributed by atoms with van der Waals surface area (Å²) >= 11 is 0. The number of hydrogen-bond donors (Lipinski definition) is 1. The van der Waals surface area contributed by atoms with E-state index >= 15 is 0 Å². The molecule has 98 valence electrons. The highest BCUT2D eigenvalue weighted by molar-refractivity contribution is 5.77. The van der Waals surface area contributed by atoms with Gasteiger partial charge < -0.3 is 14.5 Å². The first kappa shape index (κ1) is 13.1. The van der Waals surface area contributed by atoms with Crippen LogP contribution in [0.4, 0.5) is 0 Å². The second kappa shape index (κ2) is 6.03. The van der Waals surface area contributed by atoms with Gasteiger partial charge in [-0.25, -0.2) is 0 Å². The average molecular weight is 247 g/mol. The van der Waals surface area contributed by atoms with E-state index in [1.807, 2.05) is 25.1 Å². The number of nitrogens with one attached hydrogen (secondary N) is 1. The summed E-state index contributed by atoms with van der Waals surface area (Å²) in [5.74, 6) is 0.972. The Morgan fingerprint density at radius 3 is 2.78 bits per heavy atom. The normalized spacial score (nSPS) is 14.8. The summed E-state index contributed by atoms with van der Waals surface area (Å²) < 4.78 is 11.2. The number of hydrogen-bond acceptors (Lipinski definition) is 3. The SMILES string of the molecule is CCOCC(C)NC(C)c1cc2ccccc2o1. The molecule has 0 fully saturated rings. The van der Waals surface area contributed by atoms with Gasteiger partial charge in [-0.3, -0.25) is 0 Å². The van der Waals surface area contributed by atoms with Crippen molar-refractivity contribution in [3.05, 3.63) is 36.1 Å². The number of rotatable bonds is 6. The highest BCUT2D eigenvalue weighted by Crippen LogP contribution is 2.23. The molecule has 1 N–H and O–H groups in total. The van der Waals surface area contributed by atoms with Crippen LogP contribution in [0.2, 0.25) is 0 Å². The second-order valence-electron chi connectivity index (χ2n) is 4.64. The second-order valence-corrected chi connectivity index (χ2v) is 4.64. The summed E-state index contributed by atoms with van der Waals surface area (Å²) in [7, 11) is 0. The lowest BCUT2D eigenvalue weighted by atomic mass is 10.2. The van der Waals surface area contributed by atoms with Crippen molar-refractivity contribution in [2.45, 2.75) is 32.9 Å². The van der Waals surface area contributed by atoms with Crippen LogP contribution in [0, 0.1) is 0 Å². The molecule has 0 saturated heterocycles. The fourth-order valence-corrected chi connectivity index (χ4v) is 2.07. The van der Waals surface area contributed by atoms with Crippen LogP contribution in [0.25, 0.3) is 11.0 Å². The van der Waals surface area contributed by atoms with Crippen molar-refractivity contribution in [3.63, 3.8) is 0 Å². The maximum Gasteiger partial charge on any atom is 0.134 e. The lowest BCUT2D eigenvalue weighted by molar-refractivity contribution is 0.123. The van der Waals surface area contributed by atoms with Gasteiger partial charge in [-0.15, -0.1) is 0 Å². The van der Waals surface area contributed by atoms with Gasteiger partial charge in [0.15, 0.2) is 0 Å². The van der Waals surface area contributed by atoms with E-state index in [-0.39, 0.29) is 6.04 Å². The third-order valence-electron chi connectivity index (χ3n) is 2.98. The average Bonchev–Trinajstić information content (AvgIpc) is 2.80. The number of fused-ring (bicyclic) bond motifs is 1. The Bertz CT molecular complexity index is 459. The van der Waals surface area contributed by atoms with Gasteiger partial charge in [0, 0.05) is 18.0 Å². The zero-order valence-electron chi connectivity index (χ0n) is 11.3. The van der Waals surface area contributed by atoms with Crippen LogP contribution in [0.15, 0.2) is 34.7 Å². The molecule has 1 heterocycles. The van der Waals surface area contributed by atoms with Crippen LogP contribution >= 0.6 is 0 Å². The van der Waals surface area contributed by atoms with Crippen molar-refractivity contribution >= 4 is 11.0 Å². The monoisotopic (exact) mass is 247 g/mol. The molecular weight excluding hydrogens is 226 g/mol. The predicted molar refractivity (Wildman–Crippen MR) is 73.7 cm³/mol. The molecule has 0 spiro atoms. The minimum Gasteiger partial charge on any atom is -0.459 e.